The molecule has 2 aromatic heterocycles. The normalized spacial score (nSPS) is 18.7. The minimum atomic E-state index is -5.07. The molecule has 1 aliphatic heterocycles. The van der Waals surface area contributed by atoms with Gasteiger partial charge in [-0.05, 0) is 12.8 Å². The average molecular weight is 701 g/mol. The first-order valence-electron chi connectivity index (χ1n) is 13.8. The summed E-state index contributed by atoms with van der Waals surface area (Å²) in [4.78, 5) is 85.9. The maximum absolute atomic E-state index is 13.3. The van der Waals surface area contributed by atoms with E-state index in [1.54, 1.807) is 0 Å². The van der Waals surface area contributed by atoms with Crippen LogP contribution < -0.4 is 16.5 Å². The molecule has 3 heterocycles. The summed E-state index contributed by atoms with van der Waals surface area (Å²) < 4.78 is 33.5. The minimum absolute atomic E-state index is 0. The number of ketones is 2. The first kappa shape index (κ1) is 36.7. The summed E-state index contributed by atoms with van der Waals surface area (Å²) in [6, 6.07) is -0.232. The molecule has 4 rings (SSSR count). The molecule has 19 nitrogen and oxygen atoms in total. The number of carbonyl (C=O) groups excluding carboxylic acids is 4. The molecule has 1 saturated heterocycles. The summed E-state index contributed by atoms with van der Waals surface area (Å²) in [5, 5.41) is 26.4. The zero-order chi connectivity index (χ0) is 33.8. The Morgan fingerprint density at radius 2 is 1.91 bits per heavy atom. The Balaban J connectivity index is 0.00000600. The number of carboxylic acids is 1. The van der Waals surface area contributed by atoms with E-state index >= 15 is 0 Å². The Hall–Kier alpha value is -4.73. The van der Waals surface area contributed by atoms with Crippen LogP contribution >= 0.6 is 11.3 Å². The van der Waals surface area contributed by atoms with Crippen molar-refractivity contribution >= 4 is 61.8 Å². The van der Waals surface area contributed by atoms with E-state index < -0.39 is 81.3 Å². The summed E-state index contributed by atoms with van der Waals surface area (Å²) >= 11 is 0.953. The fourth-order valence-corrected chi connectivity index (χ4v) is 6.30. The molecule has 2 aliphatic rings. The molecular weight excluding hydrogens is 668 g/mol. The number of Topliss-reactive ketones (excluding diaryl/α,β-unsaturated/α-hetero) is 2. The van der Waals surface area contributed by atoms with E-state index in [0.29, 0.717) is 12.1 Å². The lowest BCUT2D eigenvalue weighted by Gasteiger charge is -2.44. The number of hydrogen-bond acceptors (Lipinski definition) is 14. The highest BCUT2D eigenvalue weighted by Gasteiger charge is 2.54. The number of aromatic nitrogens is 2. The average Bonchev–Trinajstić information content (AvgIpc) is 3.39. The number of nitrogens with zero attached hydrogens (tertiary/aromatic N) is 3. The molecule has 2 aromatic rings. The van der Waals surface area contributed by atoms with Gasteiger partial charge in [-0.3, -0.25) is 28.5 Å². The summed E-state index contributed by atoms with van der Waals surface area (Å²) in [7, 11) is -5.07. The third kappa shape index (κ3) is 8.55. The summed E-state index contributed by atoms with van der Waals surface area (Å²) in [6.45, 7) is -0.500. The number of hydrogen-bond donors (Lipinski definition) is 6. The van der Waals surface area contributed by atoms with Gasteiger partial charge in [0.05, 0.1) is 12.0 Å². The van der Waals surface area contributed by atoms with Gasteiger partial charge in [0.15, 0.2) is 22.4 Å². The molecule has 21 heteroatoms. The highest BCUT2D eigenvalue weighted by molar-refractivity contribution is 7.84. The molecule has 47 heavy (non-hydrogen) atoms. The molecule has 0 spiro atoms. The second kappa shape index (κ2) is 14.8. The van der Waals surface area contributed by atoms with Crippen molar-refractivity contribution in [3.63, 3.8) is 0 Å². The molecule has 0 unspecified atom stereocenters. The van der Waals surface area contributed by atoms with E-state index in [2.05, 4.69) is 20.4 Å². The molecular formula is C26H32N6O13S2. The Morgan fingerprint density at radius 1 is 1.21 bits per heavy atom. The van der Waals surface area contributed by atoms with Crippen molar-refractivity contribution in [2.45, 2.75) is 63.0 Å². The number of aryl methyl sites for hydroxylation is 1. The van der Waals surface area contributed by atoms with E-state index in [9.17, 15) is 52.0 Å². The number of H-pyrrole nitrogens is 1. The second-order valence-electron chi connectivity index (χ2n) is 10.7. The third-order valence-electron chi connectivity index (χ3n) is 7.61. The molecule has 1 saturated carbocycles. The van der Waals surface area contributed by atoms with Crippen molar-refractivity contribution in [3.05, 3.63) is 39.3 Å². The fourth-order valence-electron chi connectivity index (χ4n) is 4.82. The summed E-state index contributed by atoms with van der Waals surface area (Å²) in [5.74, 6) is -6.09. The number of pyridine rings is 1. The van der Waals surface area contributed by atoms with E-state index in [-0.39, 0.29) is 64.9 Å². The molecule has 0 radical (unpaired) electrons. The number of thiazole rings is 1. The topological polar surface area (TPSA) is 320 Å². The molecule has 1 aliphatic carbocycles. The molecule has 2 amide bonds. The van der Waals surface area contributed by atoms with Crippen molar-refractivity contribution in [3.8, 4) is 5.75 Å². The number of nitrogen functional groups attached to an aromatic ring is 1. The number of carbonyl (C=O) groups is 5. The predicted molar refractivity (Wildman–Crippen MR) is 162 cm³/mol. The van der Waals surface area contributed by atoms with Gasteiger partial charge in [-0.25, -0.2) is 14.1 Å². The van der Waals surface area contributed by atoms with E-state index in [4.69, 9.17) is 10.6 Å². The SMILES string of the molecule is Nc1nc(/C(=N/OC2(C(=O)O)CCC2)C(=O)C[C@@H]2C(=O)N(S(=O)(=O)O)[C@@H]2CNC(=O)CCC(=O)CCc2cc(=O)c(O)c[nH]2)cs1.O. The van der Waals surface area contributed by atoms with Gasteiger partial charge in [0, 0.05) is 68.4 Å². The van der Waals surface area contributed by atoms with Crippen LogP contribution in [0.2, 0.25) is 0 Å². The van der Waals surface area contributed by atoms with Gasteiger partial charge < -0.3 is 36.6 Å². The van der Waals surface area contributed by atoms with Crippen molar-refractivity contribution in [2.75, 3.05) is 12.3 Å². The lowest BCUT2D eigenvalue weighted by molar-refractivity contribution is -0.178. The zero-order valence-corrected chi connectivity index (χ0v) is 26.1. The van der Waals surface area contributed by atoms with E-state index in [1.807, 2.05) is 0 Å². The quantitative estimate of drug-likeness (QED) is 0.0514. The van der Waals surface area contributed by atoms with Gasteiger partial charge >= 0.3 is 16.3 Å². The highest BCUT2D eigenvalue weighted by atomic mass is 32.2. The number of rotatable bonds is 16. The van der Waals surface area contributed by atoms with E-state index in [1.165, 1.54) is 5.38 Å². The smallest absolute Gasteiger partial charge is 0.362 e. The van der Waals surface area contributed by atoms with Crippen LogP contribution in [0.3, 0.4) is 0 Å². The van der Waals surface area contributed by atoms with Crippen molar-refractivity contribution in [1.29, 1.82) is 0 Å². The van der Waals surface area contributed by atoms with Gasteiger partial charge in [0.1, 0.15) is 11.5 Å². The Bertz CT molecular complexity index is 1750. The van der Waals surface area contributed by atoms with Gasteiger partial charge in [-0.15, -0.1) is 11.3 Å². The molecule has 2 atom stereocenters. The maximum atomic E-state index is 13.3. The standard InChI is InChI=1S/C26H30N6O12S2.H2O/c27-25-30-16(12-45-25)22(31-44-26(24(39)40)6-1-7-26)19(35)9-15-17(32(23(15)38)46(41,42)43)10-29-21(37)5-4-14(33)3-2-13-8-18(34)20(36)11-28-13;/h8,11-12,15,17,36H,1-7,9-10H2,(H2,27,30)(H,28,34)(H,29,37)(H,39,40)(H,41,42,43);1H2/b31-22-;/t15-,17+;/m0./s1. The van der Waals surface area contributed by atoms with Gasteiger partial charge in [0.25, 0.3) is 0 Å². The van der Waals surface area contributed by atoms with Crippen molar-refractivity contribution in [2.24, 2.45) is 11.1 Å². The monoisotopic (exact) mass is 700 g/mol. The third-order valence-corrected chi connectivity index (χ3v) is 9.23. The Morgan fingerprint density at radius 3 is 2.47 bits per heavy atom. The Kier molecular flexibility index (Phi) is 11.6. The first-order valence-corrected chi connectivity index (χ1v) is 16.1. The van der Waals surface area contributed by atoms with Crippen LogP contribution in [0.15, 0.2) is 27.6 Å². The number of oxime groups is 1. The molecule has 256 valence electrons. The number of nitrogens with two attached hydrogens (primary N) is 1. The lowest BCUT2D eigenvalue weighted by atomic mass is 9.80. The van der Waals surface area contributed by atoms with Crippen LogP contribution in [0.5, 0.6) is 5.75 Å². The fraction of sp³-hybridized carbons (Fsp3) is 0.462. The molecule has 2 fully saturated rings. The van der Waals surface area contributed by atoms with Crippen LogP contribution in [0.4, 0.5) is 5.13 Å². The number of anilines is 1. The van der Waals surface area contributed by atoms with Gasteiger partial charge in [-0.2, -0.15) is 8.42 Å². The largest absolute Gasteiger partial charge is 0.503 e. The maximum Gasteiger partial charge on any atom is 0.362 e. The zero-order valence-electron chi connectivity index (χ0n) is 24.5. The van der Waals surface area contributed by atoms with Gasteiger partial charge in [0.2, 0.25) is 22.8 Å². The second-order valence-corrected chi connectivity index (χ2v) is 12.9. The molecule has 0 aromatic carbocycles. The van der Waals surface area contributed by atoms with Gasteiger partial charge in [-0.1, -0.05) is 5.16 Å². The predicted octanol–water partition coefficient (Wildman–Crippen LogP) is -1.29. The van der Waals surface area contributed by atoms with E-state index in [0.717, 1.165) is 23.6 Å². The number of aromatic amines is 1. The van der Waals surface area contributed by atoms with Crippen LogP contribution in [0.1, 0.15) is 56.3 Å². The van der Waals surface area contributed by atoms with Crippen LogP contribution in [-0.2, 0) is 45.5 Å². The number of aliphatic carboxylic acids is 1. The number of amides is 2. The minimum Gasteiger partial charge on any atom is -0.503 e. The number of β-lactam (4-membered cyclic amide) rings is 1. The van der Waals surface area contributed by atoms with Crippen molar-refractivity contribution < 1.29 is 57.5 Å². The first-order chi connectivity index (χ1) is 21.6. The Labute approximate surface area is 270 Å². The van der Waals surface area contributed by atoms with Crippen LogP contribution in [0, 0.1) is 5.92 Å². The molecule has 9 N–H and O–H groups in total. The highest BCUT2D eigenvalue weighted by Crippen LogP contribution is 2.37. The summed E-state index contributed by atoms with van der Waals surface area (Å²) in [6.07, 6.45) is 0.911. The van der Waals surface area contributed by atoms with Crippen LogP contribution in [-0.4, -0.2) is 96.2 Å². The number of carboxylic acid groups (broad SMARTS) is 1. The molecule has 0 bridgehead atoms. The number of nitrogens with one attached hydrogen (secondary N) is 2. The van der Waals surface area contributed by atoms with Crippen molar-refractivity contribution in [1.82, 2.24) is 19.6 Å². The number of aromatic hydroxyl groups is 1. The lowest BCUT2D eigenvalue weighted by Crippen LogP contribution is -2.66. The van der Waals surface area contributed by atoms with Crippen LogP contribution in [0.25, 0.3) is 0 Å². The summed E-state index contributed by atoms with van der Waals surface area (Å²) in [5.41, 5.74) is 3.31.